The van der Waals surface area contributed by atoms with E-state index in [2.05, 4.69) is 217 Å². The minimum Gasteiger partial charge on any atom is -0.310 e. The molecule has 0 aliphatic heterocycles. The molecule has 2 bridgehead atoms. The number of rotatable bonds is 7. The third kappa shape index (κ3) is 5.53. The molecule has 9 aromatic carbocycles. The first-order valence-corrected chi connectivity index (χ1v) is 21.7. The highest BCUT2D eigenvalue weighted by Crippen LogP contribution is 2.66. The molecule has 3 atom stereocenters. The van der Waals surface area contributed by atoms with E-state index in [0.29, 0.717) is 5.92 Å². The van der Waals surface area contributed by atoms with Gasteiger partial charge in [0.2, 0.25) is 0 Å². The second-order valence-electron chi connectivity index (χ2n) is 17.2. The van der Waals surface area contributed by atoms with Gasteiger partial charge in [-0.2, -0.15) is 0 Å². The first-order valence-electron chi connectivity index (χ1n) is 21.7. The third-order valence-corrected chi connectivity index (χ3v) is 14.1. The topological polar surface area (TPSA) is 3.24 Å². The smallest absolute Gasteiger partial charge is 0.0540 e. The molecular formula is C59H45N. The molecule has 2 saturated carbocycles. The highest BCUT2D eigenvalue weighted by molar-refractivity contribution is 5.98. The number of nitrogens with zero attached hydrogens (tertiary/aromatic N) is 1. The SMILES string of the molecule is c1ccc(-c2ccccc2-c2ccccc2-c2ccccc2N(c2cccc(-c3ccc4ccccc4c3)c2)c2ccc3c(c2)C2(CC4CCC2C4)c2ccccc2-3)cc1. The van der Waals surface area contributed by atoms with Gasteiger partial charge in [0.05, 0.1) is 5.69 Å². The molecule has 12 rings (SSSR count). The van der Waals surface area contributed by atoms with Gasteiger partial charge in [-0.15, -0.1) is 0 Å². The lowest BCUT2D eigenvalue weighted by molar-refractivity contribution is 0.327. The van der Waals surface area contributed by atoms with Crippen LogP contribution >= 0.6 is 0 Å². The molecule has 3 aliphatic carbocycles. The lowest BCUT2D eigenvalue weighted by atomic mass is 9.67. The standard InChI is InChI=1S/C59H45N/c1-2-16-42(17-3-1)49-21-6-7-22-50(49)51-23-8-9-24-52(51)55-26-11-13-28-58(55)60(47-20-14-19-44(37-47)45-31-30-41-15-4-5-18-43(41)36-45)48-33-34-54-53-25-10-12-27-56(53)59(57(54)38-48)39-40-29-32-46(59)35-40/h1-28,30-31,33-34,36-38,40,46H,29,32,35,39H2. The average Bonchev–Trinajstić information content (AvgIpc) is 4.02. The van der Waals surface area contributed by atoms with Crippen LogP contribution in [0.3, 0.4) is 0 Å². The third-order valence-electron chi connectivity index (χ3n) is 14.1. The van der Waals surface area contributed by atoms with Gasteiger partial charge in [0, 0.05) is 22.4 Å². The van der Waals surface area contributed by atoms with Gasteiger partial charge in [0.15, 0.2) is 0 Å². The molecule has 2 fully saturated rings. The number of para-hydroxylation sites is 1. The Morgan fingerprint density at radius 3 is 1.75 bits per heavy atom. The molecule has 286 valence electrons. The van der Waals surface area contributed by atoms with Crippen LogP contribution in [0.1, 0.15) is 36.8 Å². The van der Waals surface area contributed by atoms with E-state index in [0.717, 1.165) is 17.3 Å². The van der Waals surface area contributed by atoms with Gasteiger partial charge in [-0.05, 0) is 139 Å². The predicted octanol–water partition coefficient (Wildman–Crippen LogP) is 16.1. The number of fused-ring (bicyclic) bond motifs is 9. The van der Waals surface area contributed by atoms with Crippen LogP contribution in [0.15, 0.2) is 212 Å². The van der Waals surface area contributed by atoms with Crippen molar-refractivity contribution in [3.63, 3.8) is 0 Å². The van der Waals surface area contributed by atoms with Crippen LogP contribution in [0.4, 0.5) is 17.1 Å². The molecule has 3 unspecified atom stereocenters. The van der Waals surface area contributed by atoms with E-state index in [9.17, 15) is 0 Å². The van der Waals surface area contributed by atoms with Gasteiger partial charge < -0.3 is 4.90 Å². The zero-order chi connectivity index (χ0) is 39.6. The van der Waals surface area contributed by atoms with Crippen LogP contribution in [0.5, 0.6) is 0 Å². The normalized spacial score (nSPS) is 18.5. The van der Waals surface area contributed by atoms with Gasteiger partial charge >= 0.3 is 0 Å². The van der Waals surface area contributed by atoms with Crippen LogP contribution in [0, 0.1) is 11.8 Å². The van der Waals surface area contributed by atoms with Crippen molar-refractivity contribution >= 4 is 27.8 Å². The monoisotopic (exact) mass is 767 g/mol. The fourth-order valence-electron chi connectivity index (χ4n) is 11.6. The van der Waals surface area contributed by atoms with Crippen molar-refractivity contribution in [3.05, 3.63) is 223 Å². The average molecular weight is 768 g/mol. The zero-order valence-corrected chi connectivity index (χ0v) is 33.6. The Kier molecular flexibility index (Phi) is 8.23. The van der Waals surface area contributed by atoms with Crippen molar-refractivity contribution in [1.82, 2.24) is 0 Å². The van der Waals surface area contributed by atoms with Crippen LogP contribution in [-0.4, -0.2) is 0 Å². The summed E-state index contributed by atoms with van der Waals surface area (Å²) in [5.41, 5.74) is 19.3. The maximum absolute atomic E-state index is 2.59. The minimum absolute atomic E-state index is 0.0801. The lowest BCUT2D eigenvalue weighted by Gasteiger charge is -2.37. The number of anilines is 3. The molecular weight excluding hydrogens is 723 g/mol. The van der Waals surface area contributed by atoms with Gasteiger partial charge in [0.25, 0.3) is 0 Å². The molecule has 0 radical (unpaired) electrons. The van der Waals surface area contributed by atoms with E-state index < -0.39 is 0 Å². The molecule has 0 amide bonds. The van der Waals surface area contributed by atoms with Gasteiger partial charge in [0.1, 0.15) is 0 Å². The van der Waals surface area contributed by atoms with E-state index in [1.165, 1.54) is 103 Å². The molecule has 0 heterocycles. The molecule has 0 N–H and O–H groups in total. The Morgan fingerprint density at radius 2 is 0.967 bits per heavy atom. The summed E-state index contributed by atoms with van der Waals surface area (Å²) >= 11 is 0. The van der Waals surface area contributed by atoms with Crippen LogP contribution in [0.25, 0.3) is 66.4 Å². The van der Waals surface area contributed by atoms with Gasteiger partial charge in [-0.1, -0.05) is 182 Å². The predicted molar refractivity (Wildman–Crippen MR) is 252 cm³/mol. The van der Waals surface area contributed by atoms with E-state index in [1.807, 2.05) is 0 Å². The summed E-state index contributed by atoms with van der Waals surface area (Å²) in [7, 11) is 0. The fraction of sp³-hybridized carbons (Fsp3) is 0.119. The Hall–Kier alpha value is -6.96. The van der Waals surface area contributed by atoms with Crippen molar-refractivity contribution in [1.29, 1.82) is 0 Å². The summed E-state index contributed by atoms with van der Waals surface area (Å²) in [6, 6.07) is 79.1. The van der Waals surface area contributed by atoms with Gasteiger partial charge in [-0.3, -0.25) is 0 Å². The summed E-state index contributed by atoms with van der Waals surface area (Å²) in [6.45, 7) is 0. The Balaban J connectivity index is 1.07. The number of hydrogen-bond donors (Lipinski definition) is 0. The first-order chi connectivity index (χ1) is 29.7. The minimum atomic E-state index is 0.0801. The van der Waals surface area contributed by atoms with Crippen molar-refractivity contribution in [2.75, 3.05) is 4.90 Å². The molecule has 1 nitrogen and oxygen atoms in total. The highest BCUT2D eigenvalue weighted by atomic mass is 15.1. The number of hydrogen-bond acceptors (Lipinski definition) is 1. The maximum atomic E-state index is 2.59. The molecule has 0 aromatic heterocycles. The van der Waals surface area contributed by atoms with Crippen molar-refractivity contribution < 1.29 is 0 Å². The van der Waals surface area contributed by atoms with Gasteiger partial charge in [-0.25, -0.2) is 0 Å². The highest BCUT2D eigenvalue weighted by Gasteiger charge is 2.56. The second-order valence-corrected chi connectivity index (χ2v) is 17.2. The summed E-state index contributed by atoms with van der Waals surface area (Å²) in [4.78, 5) is 2.55. The van der Waals surface area contributed by atoms with E-state index in [4.69, 9.17) is 0 Å². The van der Waals surface area contributed by atoms with Crippen molar-refractivity contribution in [2.24, 2.45) is 11.8 Å². The molecule has 9 aromatic rings. The maximum Gasteiger partial charge on any atom is 0.0540 e. The lowest BCUT2D eigenvalue weighted by Crippen LogP contribution is -2.32. The quantitative estimate of drug-likeness (QED) is 0.156. The molecule has 1 heteroatoms. The van der Waals surface area contributed by atoms with E-state index >= 15 is 0 Å². The Bertz CT molecular complexity index is 3090. The second kappa shape index (κ2) is 14.1. The molecule has 60 heavy (non-hydrogen) atoms. The van der Waals surface area contributed by atoms with E-state index in [-0.39, 0.29) is 5.41 Å². The Labute approximate surface area is 353 Å². The number of benzene rings is 9. The summed E-state index contributed by atoms with van der Waals surface area (Å²) < 4.78 is 0. The van der Waals surface area contributed by atoms with Crippen molar-refractivity contribution in [3.8, 4) is 55.6 Å². The van der Waals surface area contributed by atoms with Crippen molar-refractivity contribution in [2.45, 2.75) is 31.1 Å². The summed E-state index contributed by atoms with van der Waals surface area (Å²) in [5.74, 6) is 1.50. The van der Waals surface area contributed by atoms with Crippen LogP contribution in [0.2, 0.25) is 0 Å². The first kappa shape index (κ1) is 35.0. The van der Waals surface area contributed by atoms with E-state index in [1.54, 1.807) is 5.56 Å². The summed E-state index contributed by atoms with van der Waals surface area (Å²) in [5, 5.41) is 2.51. The van der Waals surface area contributed by atoms with Crippen LogP contribution in [-0.2, 0) is 5.41 Å². The molecule has 1 spiro atoms. The largest absolute Gasteiger partial charge is 0.310 e. The zero-order valence-electron chi connectivity index (χ0n) is 33.6. The molecule has 0 saturated heterocycles. The summed E-state index contributed by atoms with van der Waals surface area (Å²) in [6.07, 6.45) is 5.30. The molecule has 3 aliphatic rings. The fourth-order valence-corrected chi connectivity index (χ4v) is 11.6. The Morgan fingerprint density at radius 1 is 0.367 bits per heavy atom. The van der Waals surface area contributed by atoms with Crippen LogP contribution < -0.4 is 4.90 Å².